The van der Waals surface area contributed by atoms with Crippen molar-refractivity contribution in [2.24, 2.45) is 0 Å². The Morgan fingerprint density at radius 1 is 1.30 bits per heavy atom. The third-order valence-electron chi connectivity index (χ3n) is 3.17. The van der Waals surface area contributed by atoms with E-state index in [0.717, 1.165) is 16.1 Å². The summed E-state index contributed by atoms with van der Waals surface area (Å²) in [5.74, 6) is -1.66. The molecule has 1 aromatic carbocycles. The van der Waals surface area contributed by atoms with Crippen LogP contribution < -0.4 is 0 Å². The van der Waals surface area contributed by atoms with Gasteiger partial charge in [-0.2, -0.15) is 0 Å². The minimum atomic E-state index is -4.01. The minimum Gasteiger partial charge on any atom is -0.475 e. The Balaban J connectivity index is 2.21. The smallest absolute Gasteiger partial charge is 0.371 e. The molecule has 0 saturated heterocycles. The molecule has 2 rings (SSSR count). The van der Waals surface area contributed by atoms with Crippen molar-refractivity contribution in [3.05, 3.63) is 53.5 Å². The normalized spacial score (nSPS) is 11.8. The number of aromatic carboxylic acids is 1. The Bertz CT molecular complexity index is 782. The molecule has 1 aromatic heterocycles. The molecule has 8 heteroatoms. The summed E-state index contributed by atoms with van der Waals surface area (Å²) in [5, 5.41) is 8.94. The van der Waals surface area contributed by atoms with Crippen molar-refractivity contribution in [1.82, 2.24) is 4.47 Å². The number of carboxylic acid groups (broad SMARTS) is 1. The quantitative estimate of drug-likeness (QED) is 0.777. The number of nitrogens with zero attached hydrogens (tertiary/aromatic N) is 1. The average molecular weight is 339 g/mol. The number of carbonyl (C=O) groups is 1. The van der Waals surface area contributed by atoms with Crippen molar-refractivity contribution in [2.75, 3.05) is 7.05 Å². The molecule has 1 N–H and O–H groups in total. The lowest BCUT2D eigenvalue weighted by Crippen LogP contribution is -2.27. The van der Waals surface area contributed by atoms with Gasteiger partial charge in [0.2, 0.25) is 5.76 Å². The molecule has 0 unspecified atom stereocenters. The van der Waals surface area contributed by atoms with Crippen LogP contribution in [0.4, 0.5) is 0 Å². The van der Waals surface area contributed by atoms with E-state index < -0.39 is 21.8 Å². The predicted molar refractivity (Wildman–Crippen MR) is 81.2 cm³/mol. The maximum Gasteiger partial charge on any atom is 0.371 e. The molecular formula is C15H17NO6S. The van der Waals surface area contributed by atoms with Gasteiger partial charge in [0.1, 0.15) is 10.7 Å². The van der Waals surface area contributed by atoms with Gasteiger partial charge in [-0.25, -0.2) is 13.2 Å². The molecule has 124 valence electrons. The molecule has 0 aliphatic carbocycles. The summed E-state index contributed by atoms with van der Waals surface area (Å²) < 4.78 is 30.8. The maximum atomic E-state index is 12.5. The monoisotopic (exact) mass is 339 g/mol. The van der Waals surface area contributed by atoms with Gasteiger partial charge in [0.15, 0.2) is 0 Å². The molecule has 7 nitrogen and oxygen atoms in total. The number of rotatable bonds is 7. The van der Waals surface area contributed by atoms with Crippen LogP contribution in [0.1, 0.15) is 28.8 Å². The molecule has 0 amide bonds. The minimum absolute atomic E-state index is 0.0711. The number of hydroxylamine groups is 1. The fraction of sp³-hybridized carbons (Fsp3) is 0.267. The molecule has 0 radical (unpaired) electrons. The number of carboxylic acids is 1. The van der Waals surface area contributed by atoms with Gasteiger partial charge in [0.05, 0.1) is 6.61 Å². The highest BCUT2D eigenvalue weighted by Crippen LogP contribution is 2.24. The van der Waals surface area contributed by atoms with Crippen LogP contribution >= 0.6 is 0 Å². The molecular weight excluding hydrogens is 322 g/mol. The first-order valence-electron chi connectivity index (χ1n) is 6.88. The number of aryl methyl sites for hydroxylation is 1. The molecule has 2 aromatic rings. The van der Waals surface area contributed by atoms with Crippen molar-refractivity contribution in [1.29, 1.82) is 0 Å². The summed E-state index contributed by atoms with van der Waals surface area (Å²) in [6.07, 6.45) is 0.244. The largest absolute Gasteiger partial charge is 0.475 e. The molecule has 23 heavy (non-hydrogen) atoms. The zero-order valence-corrected chi connectivity index (χ0v) is 13.5. The van der Waals surface area contributed by atoms with Crippen LogP contribution in [0, 0.1) is 0 Å². The van der Waals surface area contributed by atoms with E-state index in [9.17, 15) is 13.2 Å². The van der Waals surface area contributed by atoms with Crippen LogP contribution in [0.2, 0.25) is 0 Å². The van der Waals surface area contributed by atoms with Crippen LogP contribution in [0.5, 0.6) is 0 Å². The van der Waals surface area contributed by atoms with Crippen LogP contribution in [-0.2, 0) is 27.9 Å². The van der Waals surface area contributed by atoms with E-state index in [1.807, 2.05) is 18.2 Å². The van der Waals surface area contributed by atoms with Gasteiger partial charge < -0.3 is 9.52 Å². The number of sulfonamides is 1. The molecule has 0 spiro atoms. The summed E-state index contributed by atoms with van der Waals surface area (Å²) in [7, 11) is -2.76. The van der Waals surface area contributed by atoms with Crippen molar-refractivity contribution in [3.63, 3.8) is 0 Å². The number of benzene rings is 1. The van der Waals surface area contributed by atoms with E-state index >= 15 is 0 Å². The zero-order chi connectivity index (χ0) is 17.0. The topological polar surface area (TPSA) is 97.0 Å². The van der Waals surface area contributed by atoms with E-state index in [1.54, 1.807) is 19.1 Å². The van der Waals surface area contributed by atoms with Gasteiger partial charge in [-0.15, -0.1) is 0 Å². The molecule has 0 atom stereocenters. The Hall–Kier alpha value is -2.16. The SMILES string of the molecule is CCc1oc(C(=O)O)cc1S(=O)(=O)N(C)OCc1ccccc1. The Kier molecular flexibility index (Phi) is 5.19. The first kappa shape index (κ1) is 17.2. The zero-order valence-electron chi connectivity index (χ0n) is 12.7. The fourth-order valence-electron chi connectivity index (χ4n) is 1.93. The van der Waals surface area contributed by atoms with Crippen LogP contribution in [0.15, 0.2) is 45.7 Å². The van der Waals surface area contributed by atoms with Crippen molar-refractivity contribution >= 4 is 16.0 Å². The predicted octanol–water partition coefficient (Wildman–Crippen LogP) is 2.29. The number of furan rings is 1. The second kappa shape index (κ2) is 6.95. The standard InChI is InChI=1S/C15H17NO6S/c1-3-12-14(9-13(22-12)15(17)18)23(19,20)16(2)21-10-11-7-5-4-6-8-11/h4-9H,3,10H2,1-2H3,(H,17,18). The molecule has 0 aliphatic rings. The number of hydrogen-bond donors (Lipinski definition) is 1. The Labute approximate surface area is 134 Å². The summed E-state index contributed by atoms with van der Waals surface area (Å²) in [4.78, 5) is 16.0. The van der Waals surface area contributed by atoms with Gasteiger partial charge in [-0.1, -0.05) is 41.7 Å². The van der Waals surface area contributed by atoms with E-state index in [1.165, 1.54) is 7.05 Å². The van der Waals surface area contributed by atoms with Crippen LogP contribution in [0.25, 0.3) is 0 Å². The second-order valence-corrected chi connectivity index (χ2v) is 6.63. The lowest BCUT2D eigenvalue weighted by molar-refractivity contribution is -0.0770. The Morgan fingerprint density at radius 3 is 2.52 bits per heavy atom. The van der Waals surface area contributed by atoms with Crippen molar-refractivity contribution in [3.8, 4) is 0 Å². The van der Waals surface area contributed by atoms with E-state index in [0.29, 0.717) is 0 Å². The first-order valence-corrected chi connectivity index (χ1v) is 8.32. The van der Waals surface area contributed by atoms with Gasteiger partial charge in [-0.05, 0) is 5.56 Å². The van der Waals surface area contributed by atoms with Gasteiger partial charge in [0.25, 0.3) is 10.0 Å². The highest BCUT2D eigenvalue weighted by atomic mass is 32.2. The van der Waals surface area contributed by atoms with Crippen LogP contribution in [0.3, 0.4) is 0 Å². The highest BCUT2D eigenvalue weighted by Gasteiger charge is 2.29. The summed E-state index contributed by atoms with van der Waals surface area (Å²) >= 11 is 0. The molecule has 0 fully saturated rings. The molecule has 0 bridgehead atoms. The fourth-order valence-corrected chi connectivity index (χ4v) is 3.13. The van der Waals surface area contributed by atoms with Gasteiger partial charge in [-0.3, -0.25) is 4.84 Å². The maximum absolute atomic E-state index is 12.5. The van der Waals surface area contributed by atoms with Gasteiger partial charge in [0, 0.05) is 19.5 Å². The lowest BCUT2D eigenvalue weighted by atomic mass is 10.2. The van der Waals surface area contributed by atoms with Crippen molar-refractivity contribution in [2.45, 2.75) is 24.8 Å². The first-order chi connectivity index (χ1) is 10.9. The third kappa shape index (κ3) is 3.79. The van der Waals surface area contributed by atoms with Crippen LogP contribution in [-0.4, -0.2) is 31.0 Å². The molecule has 0 saturated carbocycles. The highest BCUT2D eigenvalue weighted by molar-refractivity contribution is 7.89. The van der Waals surface area contributed by atoms with E-state index in [-0.39, 0.29) is 23.7 Å². The average Bonchev–Trinajstić information content (AvgIpc) is 2.99. The van der Waals surface area contributed by atoms with E-state index in [4.69, 9.17) is 14.4 Å². The lowest BCUT2D eigenvalue weighted by Gasteiger charge is -2.16. The summed E-state index contributed by atoms with van der Waals surface area (Å²) in [5.41, 5.74) is 0.809. The second-order valence-electron chi connectivity index (χ2n) is 4.73. The number of hydrogen-bond acceptors (Lipinski definition) is 5. The summed E-state index contributed by atoms with van der Waals surface area (Å²) in [6, 6.07) is 10.1. The van der Waals surface area contributed by atoms with E-state index in [2.05, 4.69) is 0 Å². The third-order valence-corrected chi connectivity index (χ3v) is 4.86. The molecule has 0 aliphatic heterocycles. The van der Waals surface area contributed by atoms with Crippen molar-refractivity contribution < 1.29 is 27.6 Å². The summed E-state index contributed by atoms with van der Waals surface area (Å²) in [6.45, 7) is 1.75. The Morgan fingerprint density at radius 2 is 1.96 bits per heavy atom. The van der Waals surface area contributed by atoms with Gasteiger partial charge >= 0.3 is 5.97 Å². The molecule has 1 heterocycles.